The number of rotatable bonds is 4. The topological polar surface area (TPSA) is 54.5 Å². The zero-order chi connectivity index (χ0) is 13.9. The molecule has 1 saturated carbocycles. The van der Waals surface area contributed by atoms with Gasteiger partial charge in [0.15, 0.2) is 0 Å². The van der Waals surface area contributed by atoms with Gasteiger partial charge >= 0.3 is 0 Å². The van der Waals surface area contributed by atoms with Crippen molar-refractivity contribution in [2.24, 2.45) is 0 Å². The van der Waals surface area contributed by atoms with Gasteiger partial charge in [-0.3, -0.25) is 9.69 Å². The third kappa shape index (κ3) is 3.48. The average molecular weight is 296 g/mol. The summed E-state index contributed by atoms with van der Waals surface area (Å²) >= 11 is 5.90. The molecule has 20 heavy (non-hydrogen) atoms. The second-order valence-electron chi connectivity index (χ2n) is 5.30. The van der Waals surface area contributed by atoms with Crippen molar-refractivity contribution in [3.05, 3.63) is 29.0 Å². The fraction of sp³-hybridized carbons (Fsp3) is 0.571. The number of nitrogens with one attached hydrogen (secondary N) is 1. The van der Waals surface area contributed by atoms with Gasteiger partial charge in [-0.25, -0.2) is 4.98 Å². The zero-order valence-electron chi connectivity index (χ0n) is 11.2. The van der Waals surface area contributed by atoms with Gasteiger partial charge in [0.2, 0.25) is 5.91 Å². The predicted octanol–water partition coefficient (Wildman–Crippen LogP) is 1.21. The highest BCUT2D eigenvalue weighted by molar-refractivity contribution is 6.29. The largest absolute Gasteiger partial charge is 0.378 e. The first-order valence-corrected chi connectivity index (χ1v) is 7.34. The van der Waals surface area contributed by atoms with Crippen LogP contribution in [0.2, 0.25) is 5.15 Å². The molecule has 1 unspecified atom stereocenters. The van der Waals surface area contributed by atoms with Gasteiger partial charge in [0.1, 0.15) is 11.2 Å². The van der Waals surface area contributed by atoms with Crippen LogP contribution in [0.25, 0.3) is 0 Å². The Morgan fingerprint density at radius 1 is 1.50 bits per heavy atom. The van der Waals surface area contributed by atoms with Gasteiger partial charge in [0.05, 0.1) is 18.9 Å². The van der Waals surface area contributed by atoms with Gasteiger partial charge in [0, 0.05) is 19.1 Å². The van der Waals surface area contributed by atoms with Gasteiger partial charge < -0.3 is 10.1 Å². The Labute approximate surface area is 123 Å². The van der Waals surface area contributed by atoms with Crippen LogP contribution in [0.1, 0.15) is 18.5 Å². The van der Waals surface area contributed by atoms with E-state index >= 15 is 0 Å². The molecule has 0 spiro atoms. The van der Waals surface area contributed by atoms with Crippen molar-refractivity contribution >= 4 is 17.5 Å². The monoisotopic (exact) mass is 295 g/mol. The molecule has 1 N–H and O–H groups in total. The third-order valence-electron chi connectivity index (χ3n) is 3.60. The summed E-state index contributed by atoms with van der Waals surface area (Å²) in [6, 6.07) is 5.70. The molecule has 0 aromatic carbocycles. The van der Waals surface area contributed by atoms with E-state index in [1.807, 2.05) is 12.1 Å². The smallest absolute Gasteiger partial charge is 0.239 e. The minimum atomic E-state index is -0.231. The number of halogens is 1. The van der Waals surface area contributed by atoms with Gasteiger partial charge in [-0.15, -0.1) is 0 Å². The second-order valence-corrected chi connectivity index (χ2v) is 5.68. The highest BCUT2D eigenvalue weighted by Crippen LogP contribution is 2.20. The maximum absolute atomic E-state index is 12.2. The molecule has 6 heteroatoms. The first-order chi connectivity index (χ1) is 9.72. The van der Waals surface area contributed by atoms with E-state index in [0.717, 1.165) is 25.1 Å². The molecule has 1 aromatic rings. The number of ether oxygens (including phenoxy) is 1. The molecule has 1 amide bonds. The molecule has 1 aromatic heterocycles. The SMILES string of the molecule is O=C(NC1CC1)C1COCCN1Cc1cccc(Cl)n1. The van der Waals surface area contributed by atoms with Crippen LogP contribution in [0.4, 0.5) is 0 Å². The van der Waals surface area contributed by atoms with Crippen LogP contribution < -0.4 is 5.32 Å². The molecule has 3 rings (SSSR count). The van der Waals surface area contributed by atoms with E-state index in [1.54, 1.807) is 6.07 Å². The summed E-state index contributed by atoms with van der Waals surface area (Å²) in [4.78, 5) is 18.6. The Morgan fingerprint density at radius 3 is 3.10 bits per heavy atom. The Hall–Kier alpha value is -1.17. The number of carbonyl (C=O) groups is 1. The van der Waals surface area contributed by atoms with E-state index in [2.05, 4.69) is 15.2 Å². The fourth-order valence-corrected chi connectivity index (χ4v) is 2.52. The Balaban J connectivity index is 1.66. The minimum absolute atomic E-state index is 0.0641. The molecular formula is C14H18ClN3O2. The number of pyridine rings is 1. The lowest BCUT2D eigenvalue weighted by Crippen LogP contribution is -2.53. The predicted molar refractivity (Wildman–Crippen MR) is 75.4 cm³/mol. The number of amides is 1. The van der Waals surface area contributed by atoms with Gasteiger partial charge in [-0.1, -0.05) is 17.7 Å². The number of hydrogen-bond acceptors (Lipinski definition) is 4. The summed E-state index contributed by atoms with van der Waals surface area (Å²) < 4.78 is 5.45. The molecule has 1 saturated heterocycles. The number of aromatic nitrogens is 1. The molecule has 0 bridgehead atoms. The maximum atomic E-state index is 12.2. The van der Waals surface area contributed by atoms with Crippen LogP contribution in [0.3, 0.4) is 0 Å². The minimum Gasteiger partial charge on any atom is -0.378 e. The van der Waals surface area contributed by atoms with Crippen LogP contribution in [0, 0.1) is 0 Å². The molecule has 108 valence electrons. The van der Waals surface area contributed by atoms with Crippen molar-refractivity contribution < 1.29 is 9.53 Å². The van der Waals surface area contributed by atoms with Gasteiger partial charge in [-0.05, 0) is 25.0 Å². The summed E-state index contributed by atoms with van der Waals surface area (Å²) in [5.74, 6) is 0.0641. The highest BCUT2D eigenvalue weighted by atomic mass is 35.5. The number of hydrogen-bond donors (Lipinski definition) is 1. The Morgan fingerprint density at radius 2 is 2.35 bits per heavy atom. The number of morpholine rings is 1. The van der Waals surface area contributed by atoms with Crippen molar-refractivity contribution in [2.75, 3.05) is 19.8 Å². The van der Waals surface area contributed by atoms with Crippen LogP contribution in [0.5, 0.6) is 0 Å². The van der Waals surface area contributed by atoms with Crippen LogP contribution in [-0.2, 0) is 16.1 Å². The summed E-state index contributed by atoms with van der Waals surface area (Å²) in [5, 5.41) is 3.52. The first kappa shape index (κ1) is 13.8. The lowest BCUT2D eigenvalue weighted by atomic mass is 10.2. The van der Waals surface area contributed by atoms with Crippen molar-refractivity contribution in [1.82, 2.24) is 15.2 Å². The summed E-state index contributed by atoms with van der Waals surface area (Å²) in [7, 11) is 0. The lowest BCUT2D eigenvalue weighted by molar-refractivity contribution is -0.133. The zero-order valence-corrected chi connectivity index (χ0v) is 12.0. The molecule has 1 aliphatic heterocycles. The molecule has 2 fully saturated rings. The number of carbonyl (C=O) groups excluding carboxylic acids is 1. The molecule has 1 atom stereocenters. The third-order valence-corrected chi connectivity index (χ3v) is 3.81. The number of nitrogens with zero attached hydrogens (tertiary/aromatic N) is 2. The van der Waals surface area contributed by atoms with Crippen molar-refractivity contribution in [2.45, 2.75) is 31.5 Å². The standard InChI is InChI=1S/C14H18ClN3O2/c15-13-3-1-2-11(16-13)8-18-6-7-20-9-12(18)14(19)17-10-4-5-10/h1-3,10,12H,4-9H2,(H,17,19). The maximum Gasteiger partial charge on any atom is 0.239 e. The first-order valence-electron chi connectivity index (χ1n) is 6.96. The summed E-state index contributed by atoms with van der Waals surface area (Å²) in [6.07, 6.45) is 2.18. The molecule has 0 radical (unpaired) electrons. The fourth-order valence-electron chi connectivity index (χ4n) is 2.34. The highest BCUT2D eigenvalue weighted by Gasteiger charge is 2.33. The van der Waals surface area contributed by atoms with Crippen LogP contribution >= 0.6 is 11.6 Å². The van der Waals surface area contributed by atoms with Crippen LogP contribution in [0.15, 0.2) is 18.2 Å². The van der Waals surface area contributed by atoms with Crippen LogP contribution in [-0.4, -0.2) is 47.6 Å². The molecule has 2 heterocycles. The van der Waals surface area contributed by atoms with E-state index in [0.29, 0.717) is 31.0 Å². The van der Waals surface area contributed by atoms with Crippen molar-refractivity contribution in [3.63, 3.8) is 0 Å². The second kappa shape index (κ2) is 6.08. The molecule has 5 nitrogen and oxygen atoms in total. The molecule has 1 aliphatic carbocycles. The Kier molecular flexibility index (Phi) is 4.19. The van der Waals surface area contributed by atoms with Gasteiger partial charge in [0.25, 0.3) is 0 Å². The summed E-state index contributed by atoms with van der Waals surface area (Å²) in [5.41, 5.74) is 0.878. The van der Waals surface area contributed by atoms with Gasteiger partial charge in [-0.2, -0.15) is 0 Å². The lowest BCUT2D eigenvalue weighted by Gasteiger charge is -2.34. The summed E-state index contributed by atoms with van der Waals surface area (Å²) in [6.45, 7) is 2.44. The molecule has 2 aliphatic rings. The Bertz CT molecular complexity index is 493. The van der Waals surface area contributed by atoms with Crippen molar-refractivity contribution in [1.29, 1.82) is 0 Å². The molecular weight excluding hydrogens is 278 g/mol. The quantitative estimate of drug-likeness (QED) is 0.849. The normalized spacial score (nSPS) is 23.6. The van der Waals surface area contributed by atoms with E-state index in [9.17, 15) is 4.79 Å². The van der Waals surface area contributed by atoms with E-state index < -0.39 is 0 Å². The van der Waals surface area contributed by atoms with E-state index in [4.69, 9.17) is 16.3 Å². The van der Waals surface area contributed by atoms with Crippen molar-refractivity contribution in [3.8, 4) is 0 Å². The average Bonchev–Trinajstić information content (AvgIpc) is 3.23. The van der Waals surface area contributed by atoms with E-state index in [1.165, 1.54) is 0 Å². The van der Waals surface area contributed by atoms with E-state index in [-0.39, 0.29) is 11.9 Å².